The molecule has 1 aromatic rings. The molecule has 1 unspecified atom stereocenters. The summed E-state index contributed by atoms with van der Waals surface area (Å²) < 4.78 is 5.12. The number of ether oxygens (including phenoxy) is 1. The van der Waals surface area contributed by atoms with E-state index in [1.807, 2.05) is 0 Å². The number of fused-ring (bicyclic) bond motifs is 1. The zero-order chi connectivity index (χ0) is 16.9. The third-order valence-corrected chi connectivity index (χ3v) is 5.09. The van der Waals surface area contributed by atoms with Crippen molar-refractivity contribution in [1.29, 1.82) is 5.26 Å². The lowest BCUT2D eigenvalue weighted by molar-refractivity contribution is -0.895. The number of anilines is 2. The minimum atomic E-state index is 0.729. The van der Waals surface area contributed by atoms with Gasteiger partial charge >= 0.3 is 0 Å². The first-order valence-electron chi connectivity index (χ1n) is 9.04. The molecular formula is C18H29N5O+2. The minimum Gasteiger partial charge on any atom is -0.385 e. The van der Waals surface area contributed by atoms with Gasteiger partial charge in [-0.05, 0) is 18.4 Å². The Kier molecular flexibility index (Phi) is 5.54. The molecule has 1 atom stereocenters. The molecule has 0 spiro atoms. The summed E-state index contributed by atoms with van der Waals surface area (Å²) in [7, 11) is 3.95. The molecule has 0 saturated carbocycles. The highest BCUT2D eigenvalue weighted by molar-refractivity contribution is 5.61. The molecule has 3 heterocycles. The van der Waals surface area contributed by atoms with Crippen LogP contribution in [0.15, 0.2) is 0 Å². The Labute approximate surface area is 144 Å². The maximum Gasteiger partial charge on any atom is 0.237 e. The predicted octanol–water partition coefficient (Wildman–Crippen LogP) is -0.00822. The third-order valence-electron chi connectivity index (χ3n) is 5.09. The standard InChI is InChI=1S/C18H27N5O/c1-22-10-6-14-15(12-19)17(20-7-5-11-24-2)21-18(16(14)13-22)23-8-3-4-9-23/h3-11,13H2,1-2H3,(H,20,21)/p+2. The molecule has 0 aromatic carbocycles. The molecule has 130 valence electrons. The fourth-order valence-corrected chi connectivity index (χ4v) is 3.79. The van der Waals surface area contributed by atoms with Crippen LogP contribution in [-0.2, 0) is 17.7 Å². The van der Waals surface area contributed by atoms with Crippen molar-refractivity contribution in [3.63, 3.8) is 0 Å². The van der Waals surface area contributed by atoms with Crippen molar-refractivity contribution in [3.05, 3.63) is 16.7 Å². The van der Waals surface area contributed by atoms with Gasteiger partial charge in [-0.25, -0.2) is 4.98 Å². The van der Waals surface area contributed by atoms with Gasteiger partial charge in [-0.3, -0.25) is 4.90 Å². The van der Waals surface area contributed by atoms with Gasteiger partial charge in [0.15, 0.2) is 0 Å². The first-order chi connectivity index (χ1) is 11.7. The van der Waals surface area contributed by atoms with Crippen molar-refractivity contribution in [1.82, 2.24) is 0 Å². The quantitative estimate of drug-likeness (QED) is 0.720. The molecule has 2 aliphatic rings. The molecule has 0 aliphatic carbocycles. The largest absolute Gasteiger partial charge is 0.385 e. The summed E-state index contributed by atoms with van der Waals surface area (Å²) in [6, 6.07) is 2.44. The van der Waals surface area contributed by atoms with E-state index in [0.29, 0.717) is 0 Å². The van der Waals surface area contributed by atoms with Crippen LogP contribution >= 0.6 is 0 Å². The topological polar surface area (TPSA) is 66.9 Å². The number of H-pyrrole nitrogens is 1. The second kappa shape index (κ2) is 7.82. The smallest absolute Gasteiger partial charge is 0.237 e. The average molecular weight is 331 g/mol. The highest BCUT2D eigenvalue weighted by Gasteiger charge is 2.32. The number of hydrogen-bond acceptors (Lipinski definition) is 4. The number of nitriles is 1. The summed E-state index contributed by atoms with van der Waals surface area (Å²) in [5.41, 5.74) is 3.40. The summed E-state index contributed by atoms with van der Waals surface area (Å²) in [5, 5.41) is 13.2. The zero-order valence-electron chi connectivity index (χ0n) is 14.9. The van der Waals surface area contributed by atoms with E-state index < -0.39 is 0 Å². The summed E-state index contributed by atoms with van der Waals surface area (Å²) in [6.45, 7) is 5.84. The number of aromatic nitrogens is 1. The van der Waals surface area contributed by atoms with Gasteiger partial charge < -0.3 is 15.0 Å². The maximum atomic E-state index is 9.74. The molecule has 1 saturated heterocycles. The van der Waals surface area contributed by atoms with Gasteiger partial charge in [-0.2, -0.15) is 5.26 Å². The first kappa shape index (κ1) is 17.0. The predicted molar refractivity (Wildman–Crippen MR) is 93.3 cm³/mol. The fourth-order valence-electron chi connectivity index (χ4n) is 3.79. The Hall–Kier alpha value is -1.84. The van der Waals surface area contributed by atoms with Crippen molar-refractivity contribution < 1.29 is 14.6 Å². The van der Waals surface area contributed by atoms with Crippen LogP contribution < -0.4 is 20.1 Å². The number of methoxy groups -OCH3 is 1. The lowest BCUT2D eigenvalue weighted by Crippen LogP contribution is -3.08. The summed E-state index contributed by atoms with van der Waals surface area (Å²) >= 11 is 0. The van der Waals surface area contributed by atoms with E-state index in [9.17, 15) is 5.26 Å². The van der Waals surface area contributed by atoms with Crippen LogP contribution in [-0.4, -0.2) is 46.9 Å². The molecule has 1 aromatic heterocycles. The van der Waals surface area contributed by atoms with E-state index >= 15 is 0 Å². The maximum absolute atomic E-state index is 9.74. The Morgan fingerprint density at radius 3 is 2.83 bits per heavy atom. The fraction of sp³-hybridized carbons (Fsp3) is 0.667. The van der Waals surface area contributed by atoms with Crippen molar-refractivity contribution in [3.8, 4) is 6.07 Å². The van der Waals surface area contributed by atoms with E-state index in [1.54, 1.807) is 7.11 Å². The molecule has 6 nitrogen and oxygen atoms in total. The normalized spacial score (nSPS) is 19.9. The van der Waals surface area contributed by atoms with Gasteiger partial charge in [0.25, 0.3) is 0 Å². The molecule has 1 fully saturated rings. The van der Waals surface area contributed by atoms with Gasteiger partial charge in [0.05, 0.1) is 38.8 Å². The van der Waals surface area contributed by atoms with Gasteiger partial charge in [0.2, 0.25) is 11.6 Å². The van der Waals surface area contributed by atoms with Crippen LogP contribution in [0.3, 0.4) is 0 Å². The van der Waals surface area contributed by atoms with Crippen LogP contribution in [0, 0.1) is 11.3 Å². The van der Waals surface area contributed by atoms with E-state index in [4.69, 9.17) is 4.74 Å². The number of pyridine rings is 1. The Morgan fingerprint density at radius 2 is 2.12 bits per heavy atom. The second-order valence-electron chi connectivity index (χ2n) is 6.89. The monoisotopic (exact) mass is 331 g/mol. The lowest BCUT2D eigenvalue weighted by Gasteiger charge is -2.26. The van der Waals surface area contributed by atoms with Gasteiger partial charge in [0, 0.05) is 26.6 Å². The van der Waals surface area contributed by atoms with Crippen LogP contribution in [0.4, 0.5) is 11.6 Å². The highest BCUT2D eigenvalue weighted by atomic mass is 16.5. The van der Waals surface area contributed by atoms with Crippen LogP contribution in [0.5, 0.6) is 0 Å². The lowest BCUT2D eigenvalue weighted by atomic mass is 9.95. The second-order valence-corrected chi connectivity index (χ2v) is 6.89. The number of quaternary nitrogens is 1. The van der Waals surface area contributed by atoms with Crippen LogP contribution in [0.1, 0.15) is 36.0 Å². The van der Waals surface area contributed by atoms with Crippen molar-refractivity contribution in [2.45, 2.75) is 32.2 Å². The molecule has 24 heavy (non-hydrogen) atoms. The summed E-state index contributed by atoms with van der Waals surface area (Å²) in [4.78, 5) is 7.54. The zero-order valence-corrected chi connectivity index (χ0v) is 14.9. The number of hydrogen-bond donors (Lipinski definition) is 2. The minimum absolute atomic E-state index is 0.729. The average Bonchev–Trinajstić information content (AvgIpc) is 3.12. The molecule has 0 amide bonds. The number of aromatic amines is 1. The highest BCUT2D eigenvalue weighted by Crippen LogP contribution is 2.29. The van der Waals surface area contributed by atoms with E-state index in [1.165, 1.54) is 34.7 Å². The number of rotatable bonds is 6. The van der Waals surface area contributed by atoms with Crippen molar-refractivity contribution in [2.24, 2.45) is 0 Å². The number of nitrogens with zero attached hydrogens (tertiary/aromatic N) is 2. The van der Waals surface area contributed by atoms with E-state index in [-0.39, 0.29) is 0 Å². The molecular weight excluding hydrogens is 302 g/mol. The Bertz CT molecular complexity index is 619. The molecule has 6 heteroatoms. The van der Waals surface area contributed by atoms with Crippen molar-refractivity contribution >= 4 is 11.6 Å². The van der Waals surface area contributed by atoms with E-state index in [0.717, 1.165) is 63.6 Å². The van der Waals surface area contributed by atoms with Gasteiger partial charge in [-0.1, -0.05) is 0 Å². The molecule has 3 rings (SSSR count). The van der Waals surface area contributed by atoms with Crippen LogP contribution in [0.25, 0.3) is 0 Å². The molecule has 0 bridgehead atoms. The Balaban J connectivity index is 1.96. The van der Waals surface area contributed by atoms with Crippen molar-refractivity contribution in [2.75, 3.05) is 57.2 Å². The number of nitrogens with one attached hydrogen (secondary N) is 3. The van der Waals surface area contributed by atoms with Gasteiger partial charge in [0.1, 0.15) is 18.2 Å². The molecule has 3 N–H and O–H groups in total. The van der Waals surface area contributed by atoms with E-state index in [2.05, 4.69) is 28.3 Å². The van der Waals surface area contributed by atoms with Gasteiger partial charge in [-0.15, -0.1) is 0 Å². The molecule has 0 radical (unpaired) electrons. The summed E-state index contributed by atoms with van der Waals surface area (Å²) in [5.74, 6) is 2.11. The summed E-state index contributed by atoms with van der Waals surface area (Å²) in [6.07, 6.45) is 4.41. The Morgan fingerprint density at radius 1 is 1.33 bits per heavy atom. The van der Waals surface area contributed by atoms with Crippen LogP contribution in [0.2, 0.25) is 0 Å². The molecule has 2 aliphatic heterocycles. The third kappa shape index (κ3) is 3.47. The SMILES string of the molecule is COCCCNc1[nH+]c(N2CCCC2)c2c(c1C#N)CC[NH+](C)C2. The first-order valence-corrected chi connectivity index (χ1v) is 9.04. The number of likely N-dealkylation sites (N-methyl/N-ethyl adjacent to an activating group) is 1.